The molecule has 1 aliphatic carbocycles. The summed E-state index contributed by atoms with van der Waals surface area (Å²) in [5.74, 6) is 0.426. The summed E-state index contributed by atoms with van der Waals surface area (Å²) in [6.45, 7) is 2.04. The molecule has 2 N–H and O–H groups in total. The third-order valence-corrected chi connectivity index (χ3v) is 3.72. The number of carbonyl (C=O) groups is 1. The highest BCUT2D eigenvalue weighted by Crippen LogP contribution is 2.41. The van der Waals surface area contributed by atoms with E-state index in [0.717, 1.165) is 32.1 Å². The Morgan fingerprint density at radius 2 is 2.35 bits per heavy atom. The van der Waals surface area contributed by atoms with Gasteiger partial charge in [-0.1, -0.05) is 19.8 Å². The minimum absolute atomic E-state index is 0.0123. The summed E-state index contributed by atoms with van der Waals surface area (Å²) < 4.78 is 0. The number of aromatic amines is 1. The summed E-state index contributed by atoms with van der Waals surface area (Å²) in [6.07, 6.45) is 6.35. The van der Waals surface area contributed by atoms with Crippen molar-refractivity contribution in [3.8, 4) is 6.07 Å². The van der Waals surface area contributed by atoms with Crippen LogP contribution in [-0.4, -0.2) is 16.1 Å². The maximum absolute atomic E-state index is 12.3. The minimum atomic E-state index is -0.252. The van der Waals surface area contributed by atoms with Crippen LogP contribution in [0.2, 0.25) is 0 Å². The Morgan fingerprint density at radius 1 is 1.65 bits per heavy atom. The van der Waals surface area contributed by atoms with Crippen molar-refractivity contribution in [3.63, 3.8) is 0 Å². The molecule has 0 saturated heterocycles. The smallest absolute Gasteiger partial charge is 0.231 e. The lowest BCUT2D eigenvalue weighted by molar-refractivity contribution is -0.125. The Kier molecular flexibility index (Phi) is 3.14. The van der Waals surface area contributed by atoms with E-state index in [1.54, 1.807) is 0 Å². The van der Waals surface area contributed by atoms with Crippen LogP contribution >= 0.6 is 0 Å². The molecule has 0 aromatic carbocycles. The summed E-state index contributed by atoms with van der Waals surface area (Å²) in [5, 5.41) is 18.0. The van der Waals surface area contributed by atoms with E-state index >= 15 is 0 Å². The molecule has 1 fully saturated rings. The predicted octanol–water partition coefficient (Wildman–Crippen LogP) is 2.19. The van der Waals surface area contributed by atoms with Gasteiger partial charge in [0.1, 0.15) is 17.5 Å². The first-order chi connectivity index (χ1) is 8.22. The molecule has 1 aliphatic rings. The average Bonchev–Trinajstić information content (AvgIpc) is 2.97. The number of H-pyrrole nitrogens is 1. The number of hydrogen-bond acceptors (Lipinski definition) is 3. The van der Waals surface area contributed by atoms with Crippen LogP contribution in [0.5, 0.6) is 0 Å². The number of nitrogens with one attached hydrogen (secondary N) is 2. The lowest BCUT2D eigenvalue weighted by Gasteiger charge is -2.25. The summed E-state index contributed by atoms with van der Waals surface area (Å²) in [4.78, 5) is 12.3. The Balaban J connectivity index is 2.14. The van der Waals surface area contributed by atoms with Crippen LogP contribution in [-0.2, 0) is 4.79 Å². The molecule has 0 atom stereocenters. The van der Waals surface area contributed by atoms with Crippen molar-refractivity contribution in [3.05, 3.63) is 11.8 Å². The van der Waals surface area contributed by atoms with Crippen molar-refractivity contribution >= 4 is 11.7 Å². The summed E-state index contributed by atoms with van der Waals surface area (Å²) >= 11 is 0. The van der Waals surface area contributed by atoms with Crippen molar-refractivity contribution in [2.75, 3.05) is 5.32 Å². The van der Waals surface area contributed by atoms with Gasteiger partial charge >= 0.3 is 0 Å². The van der Waals surface area contributed by atoms with Gasteiger partial charge in [0.05, 0.1) is 6.20 Å². The molecule has 1 aromatic rings. The predicted molar refractivity (Wildman–Crippen MR) is 63.1 cm³/mol. The molecule has 1 amide bonds. The van der Waals surface area contributed by atoms with Gasteiger partial charge in [-0.25, -0.2) is 0 Å². The molecule has 17 heavy (non-hydrogen) atoms. The fourth-order valence-electron chi connectivity index (χ4n) is 2.51. The third kappa shape index (κ3) is 2.03. The van der Waals surface area contributed by atoms with Crippen molar-refractivity contribution in [2.24, 2.45) is 5.41 Å². The first kappa shape index (κ1) is 11.6. The SMILES string of the molecule is CCC1(C(=O)Nc2[nH]ncc2C#N)CCCC1. The second-order valence-corrected chi connectivity index (χ2v) is 4.57. The maximum atomic E-state index is 12.3. The number of anilines is 1. The number of nitrogens with zero attached hydrogens (tertiary/aromatic N) is 2. The van der Waals surface area contributed by atoms with E-state index in [0.29, 0.717) is 11.4 Å². The molecular formula is C12H16N4O. The molecule has 0 radical (unpaired) electrons. The van der Waals surface area contributed by atoms with Gasteiger partial charge in [0.2, 0.25) is 5.91 Å². The van der Waals surface area contributed by atoms with E-state index in [1.807, 2.05) is 13.0 Å². The first-order valence-corrected chi connectivity index (χ1v) is 5.97. The zero-order chi connectivity index (χ0) is 12.3. The summed E-state index contributed by atoms with van der Waals surface area (Å²) in [7, 11) is 0. The standard InChI is InChI=1S/C12H16N4O/c1-2-12(5-3-4-6-12)11(17)15-10-9(7-13)8-14-16-10/h8H,2-6H2,1H3,(H2,14,15,16,17). The monoisotopic (exact) mass is 232 g/mol. The van der Waals surface area contributed by atoms with Gasteiger partial charge in [0.25, 0.3) is 0 Å². The molecule has 1 saturated carbocycles. The van der Waals surface area contributed by atoms with Crippen LogP contribution < -0.4 is 5.32 Å². The largest absolute Gasteiger partial charge is 0.309 e. The van der Waals surface area contributed by atoms with Crippen LogP contribution in [0.4, 0.5) is 5.82 Å². The van der Waals surface area contributed by atoms with E-state index in [4.69, 9.17) is 5.26 Å². The fraction of sp³-hybridized carbons (Fsp3) is 0.583. The molecule has 2 rings (SSSR count). The molecule has 5 nitrogen and oxygen atoms in total. The average molecular weight is 232 g/mol. The highest BCUT2D eigenvalue weighted by atomic mass is 16.2. The molecular weight excluding hydrogens is 216 g/mol. The highest BCUT2D eigenvalue weighted by Gasteiger charge is 2.39. The number of hydrogen-bond donors (Lipinski definition) is 2. The highest BCUT2D eigenvalue weighted by molar-refractivity contribution is 5.95. The molecule has 90 valence electrons. The zero-order valence-electron chi connectivity index (χ0n) is 9.92. The minimum Gasteiger partial charge on any atom is -0.309 e. The molecule has 0 aliphatic heterocycles. The maximum Gasteiger partial charge on any atom is 0.231 e. The summed E-state index contributed by atoms with van der Waals surface area (Å²) in [6, 6.07) is 1.99. The van der Waals surface area contributed by atoms with Gasteiger partial charge in [0, 0.05) is 5.41 Å². The van der Waals surface area contributed by atoms with E-state index in [-0.39, 0.29) is 11.3 Å². The van der Waals surface area contributed by atoms with Gasteiger partial charge in [-0.15, -0.1) is 0 Å². The second kappa shape index (κ2) is 4.58. The number of aromatic nitrogens is 2. The van der Waals surface area contributed by atoms with E-state index in [1.165, 1.54) is 6.20 Å². The Hall–Kier alpha value is -1.83. The fourth-order valence-corrected chi connectivity index (χ4v) is 2.51. The van der Waals surface area contributed by atoms with Gasteiger partial charge in [-0.2, -0.15) is 10.4 Å². The summed E-state index contributed by atoms with van der Waals surface area (Å²) in [5.41, 5.74) is 0.125. The number of amides is 1. The van der Waals surface area contributed by atoms with Crippen LogP contribution in [0.15, 0.2) is 6.20 Å². The normalized spacial score (nSPS) is 17.6. The van der Waals surface area contributed by atoms with Gasteiger partial charge in [-0.3, -0.25) is 9.89 Å². The van der Waals surface area contributed by atoms with Crippen LogP contribution in [0.25, 0.3) is 0 Å². The second-order valence-electron chi connectivity index (χ2n) is 4.57. The Labute approximate surface area is 100 Å². The third-order valence-electron chi connectivity index (χ3n) is 3.72. The first-order valence-electron chi connectivity index (χ1n) is 5.97. The topological polar surface area (TPSA) is 81.6 Å². The van der Waals surface area contributed by atoms with Gasteiger partial charge < -0.3 is 5.32 Å². The molecule has 1 aromatic heterocycles. The van der Waals surface area contributed by atoms with E-state index in [2.05, 4.69) is 15.5 Å². The van der Waals surface area contributed by atoms with E-state index in [9.17, 15) is 4.79 Å². The number of carbonyl (C=O) groups excluding carboxylic acids is 1. The van der Waals surface area contributed by atoms with Gasteiger partial charge in [-0.05, 0) is 19.3 Å². The Morgan fingerprint density at radius 3 is 2.94 bits per heavy atom. The van der Waals surface area contributed by atoms with Crippen LogP contribution in [0.3, 0.4) is 0 Å². The molecule has 1 heterocycles. The number of rotatable bonds is 3. The lowest BCUT2D eigenvalue weighted by Crippen LogP contribution is -2.33. The van der Waals surface area contributed by atoms with Crippen molar-refractivity contribution in [2.45, 2.75) is 39.0 Å². The number of nitriles is 1. The Bertz CT molecular complexity index is 451. The molecule has 0 spiro atoms. The van der Waals surface area contributed by atoms with E-state index < -0.39 is 0 Å². The zero-order valence-corrected chi connectivity index (χ0v) is 9.92. The molecule has 0 bridgehead atoms. The van der Waals surface area contributed by atoms with Gasteiger partial charge in [0.15, 0.2) is 0 Å². The van der Waals surface area contributed by atoms with Crippen molar-refractivity contribution < 1.29 is 4.79 Å². The quantitative estimate of drug-likeness (QED) is 0.838. The molecule has 5 heteroatoms. The van der Waals surface area contributed by atoms with Crippen molar-refractivity contribution in [1.82, 2.24) is 10.2 Å². The lowest BCUT2D eigenvalue weighted by atomic mass is 9.82. The van der Waals surface area contributed by atoms with Crippen LogP contribution in [0.1, 0.15) is 44.6 Å². The molecule has 0 unspecified atom stereocenters. The van der Waals surface area contributed by atoms with Crippen LogP contribution in [0, 0.1) is 16.7 Å². The van der Waals surface area contributed by atoms with Crippen molar-refractivity contribution in [1.29, 1.82) is 5.26 Å².